The van der Waals surface area contributed by atoms with Crippen LogP contribution in [0.4, 0.5) is 0 Å². The Morgan fingerprint density at radius 2 is 1.71 bits per heavy atom. The molecule has 4 heteroatoms. The number of benzene rings is 3. The van der Waals surface area contributed by atoms with E-state index in [1.807, 2.05) is 30.3 Å². The number of phenols is 1. The number of phenolic OH excluding ortho intramolecular Hbond substituents is 1. The number of rotatable bonds is 2. The molecular formula is C24H15NO3. The van der Waals surface area contributed by atoms with Gasteiger partial charge in [-0.15, -0.1) is 0 Å². The highest BCUT2D eigenvalue weighted by molar-refractivity contribution is 5.99. The Balaban J connectivity index is 1.90. The summed E-state index contributed by atoms with van der Waals surface area (Å²) in [4.78, 5) is 16.3. The Kier molecular flexibility index (Phi) is 4.49. The number of aromatic hydroxyl groups is 1. The lowest BCUT2D eigenvalue weighted by molar-refractivity contribution is 0.0697. The first-order valence-electron chi connectivity index (χ1n) is 8.64. The normalized spacial score (nSPS) is 10.3. The van der Waals surface area contributed by atoms with Crippen LogP contribution in [0.3, 0.4) is 0 Å². The van der Waals surface area contributed by atoms with E-state index in [1.165, 1.54) is 0 Å². The summed E-state index contributed by atoms with van der Waals surface area (Å²) in [7, 11) is 0. The van der Waals surface area contributed by atoms with Gasteiger partial charge in [0.15, 0.2) is 0 Å². The molecule has 0 fully saturated rings. The van der Waals surface area contributed by atoms with E-state index >= 15 is 0 Å². The Bertz CT molecular complexity index is 1270. The molecule has 0 radical (unpaired) electrons. The van der Waals surface area contributed by atoms with Gasteiger partial charge in [-0.25, -0.2) is 4.79 Å². The van der Waals surface area contributed by atoms with E-state index in [1.54, 1.807) is 48.7 Å². The van der Waals surface area contributed by atoms with E-state index in [4.69, 9.17) is 0 Å². The molecule has 0 aliphatic carbocycles. The summed E-state index contributed by atoms with van der Waals surface area (Å²) in [5.41, 5.74) is 3.45. The van der Waals surface area contributed by atoms with Gasteiger partial charge in [-0.3, -0.25) is 4.98 Å². The SMILES string of the molecule is O=C(O)c1cccc(C#Cc2cccc(O)c2)c1-c1cnc2ccccc2c1. The number of aromatic carboxylic acids is 1. The molecule has 1 aromatic heterocycles. The van der Waals surface area contributed by atoms with Crippen molar-refractivity contribution in [1.29, 1.82) is 0 Å². The van der Waals surface area contributed by atoms with Crippen LogP contribution in [-0.2, 0) is 0 Å². The summed E-state index contributed by atoms with van der Waals surface area (Å²) < 4.78 is 0. The zero-order chi connectivity index (χ0) is 19.5. The average Bonchev–Trinajstić information content (AvgIpc) is 2.71. The molecule has 0 saturated heterocycles. The van der Waals surface area contributed by atoms with Crippen molar-refractivity contribution in [2.75, 3.05) is 0 Å². The summed E-state index contributed by atoms with van der Waals surface area (Å²) in [6, 6.07) is 21.2. The topological polar surface area (TPSA) is 70.4 Å². The first kappa shape index (κ1) is 17.3. The van der Waals surface area contributed by atoms with Crippen LogP contribution < -0.4 is 0 Å². The number of pyridine rings is 1. The molecule has 0 bridgehead atoms. The molecule has 0 aliphatic rings. The summed E-state index contributed by atoms with van der Waals surface area (Å²) in [6.45, 7) is 0. The van der Waals surface area contributed by atoms with Gasteiger partial charge < -0.3 is 10.2 Å². The number of fused-ring (bicyclic) bond motifs is 1. The maximum atomic E-state index is 11.8. The smallest absolute Gasteiger partial charge is 0.336 e. The van der Waals surface area contributed by atoms with Gasteiger partial charge in [0.05, 0.1) is 11.1 Å². The lowest BCUT2D eigenvalue weighted by Crippen LogP contribution is -2.02. The number of hydrogen-bond donors (Lipinski definition) is 2. The molecule has 0 amide bonds. The van der Waals surface area contributed by atoms with E-state index in [-0.39, 0.29) is 11.3 Å². The Hall–Kier alpha value is -4.10. The minimum atomic E-state index is -1.02. The predicted octanol–water partition coefficient (Wildman–Crippen LogP) is 4.71. The second-order valence-corrected chi connectivity index (χ2v) is 6.25. The van der Waals surface area contributed by atoms with E-state index in [2.05, 4.69) is 16.8 Å². The average molecular weight is 365 g/mol. The number of carbonyl (C=O) groups is 1. The second kappa shape index (κ2) is 7.26. The molecule has 0 unspecified atom stereocenters. The van der Waals surface area contributed by atoms with Crippen molar-refractivity contribution in [3.8, 4) is 28.7 Å². The van der Waals surface area contributed by atoms with E-state index in [0.717, 1.165) is 10.9 Å². The highest BCUT2D eigenvalue weighted by Crippen LogP contribution is 2.29. The van der Waals surface area contributed by atoms with Crippen molar-refractivity contribution in [2.45, 2.75) is 0 Å². The van der Waals surface area contributed by atoms with E-state index in [9.17, 15) is 15.0 Å². The molecule has 1 heterocycles. The summed E-state index contributed by atoms with van der Waals surface area (Å²) in [6.07, 6.45) is 1.67. The number of aromatic nitrogens is 1. The fourth-order valence-electron chi connectivity index (χ4n) is 3.08. The lowest BCUT2D eigenvalue weighted by atomic mass is 9.94. The number of hydrogen-bond acceptors (Lipinski definition) is 3. The fraction of sp³-hybridized carbons (Fsp3) is 0. The summed E-state index contributed by atoms with van der Waals surface area (Å²) in [5.74, 6) is 5.14. The third-order valence-electron chi connectivity index (χ3n) is 4.36. The fourth-order valence-corrected chi connectivity index (χ4v) is 3.08. The zero-order valence-corrected chi connectivity index (χ0v) is 14.8. The van der Waals surface area contributed by atoms with Gasteiger partial charge in [0.2, 0.25) is 0 Å². The van der Waals surface area contributed by atoms with E-state index < -0.39 is 5.97 Å². The van der Waals surface area contributed by atoms with Crippen LogP contribution in [0, 0.1) is 11.8 Å². The Morgan fingerprint density at radius 3 is 2.54 bits per heavy atom. The van der Waals surface area contributed by atoms with Crippen molar-refractivity contribution in [1.82, 2.24) is 4.98 Å². The third-order valence-corrected chi connectivity index (χ3v) is 4.36. The number of nitrogens with zero attached hydrogens (tertiary/aromatic N) is 1. The van der Waals surface area contributed by atoms with Crippen LogP contribution in [0.15, 0.2) is 79.0 Å². The number of carboxylic acid groups (broad SMARTS) is 1. The van der Waals surface area contributed by atoms with Gasteiger partial charge in [-0.2, -0.15) is 0 Å². The number of carboxylic acids is 1. The minimum Gasteiger partial charge on any atom is -0.508 e. The molecule has 3 aromatic carbocycles. The van der Waals surface area contributed by atoms with Crippen molar-refractivity contribution >= 4 is 16.9 Å². The molecule has 0 aliphatic heterocycles. The molecule has 0 atom stereocenters. The van der Waals surface area contributed by atoms with Crippen LogP contribution in [0.1, 0.15) is 21.5 Å². The van der Waals surface area contributed by atoms with Crippen LogP contribution in [0.2, 0.25) is 0 Å². The molecule has 2 N–H and O–H groups in total. The molecule has 4 nitrogen and oxygen atoms in total. The molecule has 4 aromatic rings. The quantitative estimate of drug-likeness (QED) is 0.505. The summed E-state index contributed by atoms with van der Waals surface area (Å²) >= 11 is 0. The highest BCUT2D eigenvalue weighted by Gasteiger charge is 2.15. The van der Waals surface area contributed by atoms with Crippen molar-refractivity contribution in [2.24, 2.45) is 0 Å². The molecule has 0 spiro atoms. The standard InChI is InChI=1S/C24H15NO3/c26-20-8-3-5-16(13-20)11-12-17-7-4-9-21(24(27)28)23(17)19-14-18-6-1-2-10-22(18)25-15-19/h1-10,13-15,26H,(H,27,28). The van der Waals surface area contributed by atoms with Gasteiger partial charge >= 0.3 is 5.97 Å². The van der Waals surface area contributed by atoms with Crippen molar-refractivity contribution < 1.29 is 15.0 Å². The molecule has 4 rings (SSSR count). The van der Waals surface area contributed by atoms with Gasteiger partial charge in [-0.05, 0) is 42.5 Å². The van der Waals surface area contributed by atoms with E-state index in [0.29, 0.717) is 22.3 Å². The molecule has 28 heavy (non-hydrogen) atoms. The third kappa shape index (κ3) is 3.42. The number of para-hydroxylation sites is 1. The zero-order valence-electron chi connectivity index (χ0n) is 14.8. The summed E-state index contributed by atoms with van der Waals surface area (Å²) in [5, 5.41) is 20.2. The maximum absolute atomic E-state index is 11.8. The van der Waals surface area contributed by atoms with Crippen LogP contribution >= 0.6 is 0 Å². The molecule has 0 saturated carbocycles. The molecule has 134 valence electrons. The van der Waals surface area contributed by atoms with Gasteiger partial charge in [0.25, 0.3) is 0 Å². The Labute approximate surface area is 161 Å². The lowest BCUT2D eigenvalue weighted by Gasteiger charge is -2.10. The van der Waals surface area contributed by atoms with Crippen LogP contribution in [-0.4, -0.2) is 21.2 Å². The van der Waals surface area contributed by atoms with Crippen molar-refractivity contribution in [3.63, 3.8) is 0 Å². The first-order valence-corrected chi connectivity index (χ1v) is 8.64. The van der Waals surface area contributed by atoms with Gasteiger partial charge in [0, 0.05) is 33.8 Å². The van der Waals surface area contributed by atoms with Crippen LogP contribution in [0.5, 0.6) is 5.75 Å². The Morgan fingerprint density at radius 1 is 0.893 bits per heavy atom. The largest absolute Gasteiger partial charge is 0.508 e. The predicted molar refractivity (Wildman–Crippen MR) is 108 cm³/mol. The maximum Gasteiger partial charge on any atom is 0.336 e. The van der Waals surface area contributed by atoms with Gasteiger partial charge in [0.1, 0.15) is 5.75 Å². The highest BCUT2D eigenvalue weighted by atomic mass is 16.4. The second-order valence-electron chi connectivity index (χ2n) is 6.25. The monoisotopic (exact) mass is 365 g/mol. The van der Waals surface area contributed by atoms with Gasteiger partial charge in [-0.1, -0.05) is 42.2 Å². The van der Waals surface area contributed by atoms with Crippen LogP contribution in [0.25, 0.3) is 22.0 Å². The van der Waals surface area contributed by atoms with Crippen molar-refractivity contribution in [3.05, 3.63) is 95.7 Å². The first-order chi connectivity index (χ1) is 13.6. The minimum absolute atomic E-state index is 0.130. The molecular weight excluding hydrogens is 350 g/mol.